The Balaban J connectivity index is 2.72. The highest BCUT2D eigenvalue weighted by molar-refractivity contribution is 5.42. The molecule has 0 aliphatic carbocycles. The van der Waals surface area contributed by atoms with Gasteiger partial charge in [-0.15, -0.1) is 0 Å². The molecule has 1 atom stereocenters. The monoisotopic (exact) mass is 280 g/mol. The lowest BCUT2D eigenvalue weighted by Crippen LogP contribution is -2.30. The van der Waals surface area contributed by atoms with Gasteiger partial charge in [0.25, 0.3) is 0 Å². The Bertz CT molecular complexity index is 407. The quantitative estimate of drug-likeness (QED) is 0.794. The molecule has 4 heteroatoms. The van der Waals surface area contributed by atoms with Crippen LogP contribution in [0.3, 0.4) is 0 Å². The predicted molar refractivity (Wildman–Crippen MR) is 83.5 cm³/mol. The number of rotatable bonds is 8. The molecule has 1 unspecified atom stereocenters. The van der Waals surface area contributed by atoms with Gasteiger partial charge in [0.2, 0.25) is 0 Å². The molecule has 0 aromatic heterocycles. The molecule has 0 heterocycles. The second-order valence-electron chi connectivity index (χ2n) is 5.39. The number of nitrogens with zero attached hydrogens (tertiary/aromatic N) is 2. The summed E-state index contributed by atoms with van der Waals surface area (Å²) in [6.45, 7) is 7.56. The van der Waals surface area contributed by atoms with E-state index in [0.29, 0.717) is 11.8 Å². The van der Waals surface area contributed by atoms with Gasteiger partial charge in [-0.25, -0.2) is 0 Å². The molecule has 0 bridgehead atoms. The third-order valence-corrected chi connectivity index (χ3v) is 3.69. The lowest BCUT2D eigenvalue weighted by atomic mass is 10.1. The lowest BCUT2D eigenvalue weighted by molar-refractivity contribution is 0.209. The number of phenols is 1. The first-order chi connectivity index (χ1) is 9.49. The van der Waals surface area contributed by atoms with Crippen molar-refractivity contribution < 1.29 is 9.84 Å². The second-order valence-corrected chi connectivity index (χ2v) is 5.39. The molecular weight excluding hydrogens is 252 g/mol. The van der Waals surface area contributed by atoms with Crippen LogP contribution in [0.25, 0.3) is 0 Å². The number of methoxy groups -OCH3 is 1. The van der Waals surface area contributed by atoms with Crippen LogP contribution in [0.2, 0.25) is 0 Å². The number of hydrogen-bond acceptors (Lipinski definition) is 4. The maximum atomic E-state index is 9.67. The van der Waals surface area contributed by atoms with Crippen LogP contribution in [0.5, 0.6) is 11.5 Å². The minimum atomic E-state index is 0.194. The molecular formula is C16H28N2O2. The molecule has 0 aliphatic heterocycles. The first-order valence-corrected chi connectivity index (χ1v) is 7.25. The molecule has 0 fully saturated rings. The van der Waals surface area contributed by atoms with E-state index in [2.05, 4.69) is 37.7 Å². The van der Waals surface area contributed by atoms with E-state index in [-0.39, 0.29) is 5.75 Å². The third kappa shape index (κ3) is 4.69. The Kier molecular flexibility index (Phi) is 6.82. The molecule has 20 heavy (non-hydrogen) atoms. The summed E-state index contributed by atoms with van der Waals surface area (Å²) in [5.74, 6) is 0.734. The fourth-order valence-corrected chi connectivity index (χ4v) is 2.38. The first kappa shape index (κ1) is 16.8. The van der Waals surface area contributed by atoms with E-state index < -0.39 is 0 Å². The van der Waals surface area contributed by atoms with Crippen molar-refractivity contribution in [2.45, 2.75) is 26.3 Å². The van der Waals surface area contributed by atoms with Crippen LogP contribution in [0.1, 0.15) is 31.9 Å². The molecule has 4 nitrogen and oxygen atoms in total. The second kappa shape index (κ2) is 8.12. The Labute approximate surface area is 123 Å². The molecule has 1 N–H and O–H groups in total. The van der Waals surface area contributed by atoms with Gasteiger partial charge in [-0.1, -0.05) is 13.0 Å². The van der Waals surface area contributed by atoms with E-state index in [9.17, 15) is 5.11 Å². The molecule has 1 aromatic carbocycles. The highest BCUT2D eigenvalue weighted by atomic mass is 16.5. The summed E-state index contributed by atoms with van der Waals surface area (Å²) in [6, 6.07) is 5.92. The number of hydrogen-bond donors (Lipinski definition) is 1. The van der Waals surface area contributed by atoms with Crippen LogP contribution in [-0.2, 0) is 0 Å². The van der Waals surface area contributed by atoms with Gasteiger partial charge in [0.05, 0.1) is 7.11 Å². The summed E-state index contributed by atoms with van der Waals surface area (Å²) >= 11 is 0. The van der Waals surface area contributed by atoms with Crippen LogP contribution in [0.15, 0.2) is 18.2 Å². The molecule has 1 rings (SSSR count). The van der Waals surface area contributed by atoms with Crippen molar-refractivity contribution in [2.75, 3.05) is 40.8 Å². The Morgan fingerprint density at radius 1 is 1.25 bits per heavy atom. The van der Waals surface area contributed by atoms with Gasteiger partial charge in [-0.05, 0) is 64.8 Å². The molecule has 0 radical (unpaired) electrons. The maximum Gasteiger partial charge on any atom is 0.160 e. The smallest absolute Gasteiger partial charge is 0.160 e. The van der Waals surface area contributed by atoms with E-state index in [1.165, 1.54) is 5.56 Å². The zero-order chi connectivity index (χ0) is 15.1. The summed E-state index contributed by atoms with van der Waals surface area (Å²) in [4.78, 5) is 4.65. The average Bonchev–Trinajstić information content (AvgIpc) is 2.43. The van der Waals surface area contributed by atoms with Crippen LogP contribution >= 0.6 is 0 Å². The summed E-state index contributed by atoms with van der Waals surface area (Å²) in [6.07, 6.45) is 1.15. The third-order valence-electron chi connectivity index (χ3n) is 3.69. The maximum absolute atomic E-state index is 9.67. The largest absolute Gasteiger partial charge is 0.504 e. The van der Waals surface area contributed by atoms with Crippen molar-refractivity contribution >= 4 is 0 Å². The van der Waals surface area contributed by atoms with Crippen molar-refractivity contribution in [1.82, 2.24) is 9.80 Å². The molecule has 0 saturated heterocycles. The van der Waals surface area contributed by atoms with Crippen molar-refractivity contribution in [3.8, 4) is 11.5 Å². The minimum absolute atomic E-state index is 0.194. The van der Waals surface area contributed by atoms with Crippen LogP contribution in [-0.4, -0.2) is 55.7 Å². The number of ether oxygens (including phenoxy) is 1. The zero-order valence-electron chi connectivity index (χ0n) is 13.4. The van der Waals surface area contributed by atoms with Gasteiger partial charge < -0.3 is 14.7 Å². The fourth-order valence-electron chi connectivity index (χ4n) is 2.38. The van der Waals surface area contributed by atoms with Crippen LogP contribution in [0, 0.1) is 0 Å². The molecule has 0 saturated carbocycles. The van der Waals surface area contributed by atoms with Gasteiger partial charge in [0.15, 0.2) is 11.5 Å². The Morgan fingerprint density at radius 2 is 1.95 bits per heavy atom. The summed E-state index contributed by atoms with van der Waals surface area (Å²) < 4.78 is 5.19. The van der Waals surface area contributed by atoms with E-state index in [0.717, 1.165) is 26.1 Å². The van der Waals surface area contributed by atoms with Crippen molar-refractivity contribution in [3.63, 3.8) is 0 Å². The predicted octanol–water partition coefficient (Wildman–Crippen LogP) is 2.74. The summed E-state index contributed by atoms with van der Waals surface area (Å²) in [7, 11) is 5.78. The minimum Gasteiger partial charge on any atom is -0.504 e. The zero-order valence-corrected chi connectivity index (χ0v) is 13.4. The summed E-state index contributed by atoms with van der Waals surface area (Å²) in [5.41, 5.74) is 1.17. The highest BCUT2D eigenvalue weighted by Gasteiger charge is 2.15. The normalized spacial score (nSPS) is 12.9. The van der Waals surface area contributed by atoms with Crippen LogP contribution in [0.4, 0.5) is 0 Å². The topological polar surface area (TPSA) is 35.9 Å². The van der Waals surface area contributed by atoms with E-state index in [4.69, 9.17) is 4.74 Å². The Morgan fingerprint density at radius 3 is 2.50 bits per heavy atom. The summed E-state index contributed by atoms with van der Waals surface area (Å²) in [5, 5.41) is 9.67. The van der Waals surface area contributed by atoms with E-state index >= 15 is 0 Å². The van der Waals surface area contributed by atoms with Gasteiger partial charge in [-0.3, -0.25) is 4.90 Å². The first-order valence-electron chi connectivity index (χ1n) is 7.25. The number of phenolic OH excluding ortho intramolecular Hbond substituents is 1. The van der Waals surface area contributed by atoms with E-state index in [1.807, 2.05) is 12.1 Å². The average molecular weight is 280 g/mol. The van der Waals surface area contributed by atoms with Gasteiger partial charge >= 0.3 is 0 Å². The number of benzene rings is 1. The Hall–Kier alpha value is -1.26. The van der Waals surface area contributed by atoms with Crippen molar-refractivity contribution in [3.05, 3.63) is 23.8 Å². The fraction of sp³-hybridized carbons (Fsp3) is 0.625. The molecule has 114 valence electrons. The van der Waals surface area contributed by atoms with Crippen LogP contribution < -0.4 is 4.74 Å². The molecule has 1 aromatic rings. The van der Waals surface area contributed by atoms with E-state index in [1.54, 1.807) is 13.2 Å². The van der Waals surface area contributed by atoms with Gasteiger partial charge in [0, 0.05) is 6.04 Å². The molecule has 0 amide bonds. The molecule has 0 aliphatic rings. The van der Waals surface area contributed by atoms with Gasteiger partial charge in [-0.2, -0.15) is 0 Å². The van der Waals surface area contributed by atoms with Crippen molar-refractivity contribution in [1.29, 1.82) is 0 Å². The van der Waals surface area contributed by atoms with Crippen molar-refractivity contribution in [2.24, 2.45) is 0 Å². The van der Waals surface area contributed by atoms with Gasteiger partial charge in [0.1, 0.15) is 0 Å². The lowest BCUT2D eigenvalue weighted by Gasteiger charge is -2.29. The highest BCUT2D eigenvalue weighted by Crippen LogP contribution is 2.30. The SMILES string of the molecule is CCN(CCCN(C)C)C(C)c1ccc(O)c(OC)c1. The standard InChI is InChI=1S/C16H28N2O2/c1-6-18(11-7-10-17(3)4)13(2)14-8-9-15(19)16(12-14)20-5/h8-9,12-13,19H,6-7,10-11H2,1-5H3. The molecule has 0 spiro atoms. The number of aromatic hydroxyl groups is 1.